The maximum Gasteiger partial charge on any atom is 0.256 e. The van der Waals surface area contributed by atoms with Crippen molar-refractivity contribution in [3.8, 4) is 0 Å². The zero-order valence-corrected chi connectivity index (χ0v) is 11.7. The van der Waals surface area contributed by atoms with Crippen molar-refractivity contribution < 1.29 is 13.6 Å². The van der Waals surface area contributed by atoms with E-state index in [-0.39, 0.29) is 0 Å². The Morgan fingerprint density at radius 1 is 1.05 bits per heavy atom. The van der Waals surface area contributed by atoms with Crippen molar-refractivity contribution in [1.82, 2.24) is 4.98 Å². The van der Waals surface area contributed by atoms with Gasteiger partial charge in [-0.05, 0) is 49.4 Å². The largest absolute Gasteiger partial charge is 0.322 e. The summed E-state index contributed by atoms with van der Waals surface area (Å²) in [5, 5.41) is 3.02. The maximum atomic E-state index is 13.5. The molecule has 1 N–H and O–H groups in total. The summed E-state index contributed by atoms with van der Waals surface area (Å²) >= 11 is 0. The Morgan fingerprint density at radius 3 is 2.59 bits per heavy atom. The Hall–Kier alpha value is -2.82. The molecule has 0 fully saturated rings. The predicted octanol–water partition coefficient (Wildman–Crippen LogP) is 4.07. The van der Waals surface area contributed by atoms with Gasteiger partial charge >= 0.3 is 0 Å². The molecule has 1 amide bonds. The van der Waals surface area contributed by atoms with Gasteiger partial charge in [0.05, 0.1) is 11.1 Å². The fourth-order valence-corrected chi connectivity index (χ4v) is 2.28. The van der Waals surface area contributed by atoms with Crippen LogP contribution in [0, 0.1) is 18.6 Å². The SMILES string of the molecule is Cc1cc(C(=O)Nc2cccc(F)c2)c2cc(F)ccc2n1. The second-order valence-corrected chi connectivity index (χ2v) is 4.94. The molecule has 3 aromatic rings. The Labute approximate surface area is 125 Å². The van der Waals surface area contributed by atoms with E-state index in [1.807, 2.05) is 0 Å². The minimum absolute atomic E-state index is 0.297. The second kappa shape index (κ2) is 5.52. The number of rotatable bonds is 2. The van der Waals surface area contributed by atoms with Gasteiger partial charge < -0.3 is 5.32 Å². The number of aromatic nitrogens is 1. The van der Waals surface area contributed by atoms with Crippen LogP contribution in [0.2, 0.25) is 0 Å². The number of hydrogen-bond acceptors (Lipinski definition) is 2. The molecule has 0 bridgehead atoms. The number of nitrogens with zero attached hydrogens (tertiary/aromatic N) is 1. The Balaban J connectivity index is 2.05. The highest BCUT2D eigenvalue weighted by atomic mass is 19.1. The van der Waals surface area contributed by atoms with Crippen LogP contribution in [-0.2, 0) is 0 Å². The van der Waals surface area contributed by atoms with Gasteiger partial charge in [0.1, 0.15) is 11.6 Å². The van der Waals surface area contributed by atoms with E-state index in [1.54, 1.807) is 19.1 Å². The van der Waals surface area contributed by atoms with E-state index in [4.69, 9.17) is 0 Å². The lowest BCUT2D eigenvalue weighted by Crippen LogP contribution is -2.13. The van der Waals surface area contributed by atoms with Gasteiger partial charge in [0.2, 0.25) is 0 Å². The zero-order chi connectivity index (χ0) is 15.7. The molecule has 1 aromatic heterocycles. The third-order valence-electron chi connectivity index (χ3n) is 3.23. The summed E-state index contributed by atoms with van der Waals surface area (Å²) in [5.41, 5.74) is 1.81. The summed E-state index contributed by atoms with van der Waals surface area (Å²) in [5.74, 6) is -1.33. The zero-order valence-electron chi connectivity index (χ0n) is 11.7. The number of carbonyl (C=O) groups is 1. The van der Waals surface area contributed by atoms with E-state index in [0.717, 1.165) is 0 Å². The number of amides is 1. The molecule has 0 aliphatic heterocycles. The van der Waals surface area contributed by atoms with E-state index in [1.165, 1.54) is 36.4 Å². The van der Waals surface area contributed by atoms with Crippen molar-refractivity contribution in [2.45, 2.75) is 6.92 Å². The Bertz CT molecular complexity index is 878. The van der Waals surface area contributed by atoms with E-state index >= 15 is 0 Å². The van der Waals surface area contributed by atoms with Gasteiger partial charge in [0.25, 0.3) is 5.91 Å². The van der Waals surface area contributed by atoms with E-state index < -0.39 is 17.5 Å². The van der Waals surface area contributed by atoms with Gasteiger partial charge in [-0.15, -0.1) is 0 Å². The quantitative estimate of drug-likeness (QED) is 0.774. The minimum Gasteiger partial charge on any atom is -0.322 e. The maximum absolute atomic E-state index is 13.5. The van der Waals surface area contributed by atoms with Crippen LogP contribution in [0.4, 0.5) is 14.5 Å². The predicted molar refractivity (Wildman–Crippen MR) is 80.8 cm³/mol. The number of pyridine rings is 1. The Kier molecular flexibility index (Phi) is 3.55. The molecular weight excluding hydrogens is 286 g/mol. The summed E-state index contributed by atoms with van der Waals surface area (Å²) in [6, 6.07) is 11.3. The van der Waals surface area contributed by atoms with Gasteiger partial charge in [-0.25, -0.2) is 8.78 Å². The molecule has 110 valence electrons. The molecule has 0 saturated heterocycles. The van der Waals surface area contributed by atoms with Crippen molar-refractivity contribution in [2.75, 3.05) is 5.32 Å². The topological polar surface area (TPSA) is 42.0 Å². The monoisotopic (exact) mass is 298 g/mol. The molecule has 3 nitrogen and oxygen atoms in total. The molecule has 0 saturated carbocycles. The molecule has 0 radical (unpaired) electrons. The average Bonchev–Trinajstić information content (AvgIpc) is 2.47. The molecular formula is C17H12F2N2O. The number of carbonyl (C=O) groups excluding carboxylic acids is 1. The lowest BCUT2D eigenvalue weighted by Gasteiger charge is -2.09. The van der Waals surface area contributed by atoms with E-state index in [9.17, 15) is 13.6 Å². The fourth-order valence-electron chi connectivity index (χ4n) is 2.28. The molecule has 3 rings (SSSR count). The highest BCUT2D eigenvalue weighted by Gasteiger charge is 2.13. The van der Waals surface area contributed by atoms with Crippen LogP contribution < -0.4 is 5.32 Å². The van der Waals surface area contributed by atoms with Gasteiger partial charge in [-0.3, -0.25) is 9.78 Å². The number of benzene rings is 2. The Morgan fingerprint density at radius 2 is 1.82 bits per heavy atom. The standard InChI is InChI=1S/C17H12F2N2O/c1-10-7-15(14-9-12(19)5-6-16(14)20-10)17(22)21-13-4-2-3-11(18)8-13/h2-9H,1H3,(H,21,22). The van der Waals surface area contributed by atoms with Gasteiger partial charge in [-0.2, -0.15) is 0 Å². The fraction of sp³-hybridized carbons (Fsp3) is 0.0588. The summed E-state index contributed by atoms with van der Waals surface area (Å²) < 4.78 is 26.6. The molecule has 0 unspecified atom stereocenters. The van der Waals surface area contributed by atoms with Crippen molar-refractivity contribution in [2.24, 2.45) is 0 Å². The van der Waals surface area contributed by atoms with Crippen LogP contribution in [0.25, 0.3) is 10.9 Å². The van der Waals surface area contributed by atoms with Gasteiger partial charge in [-0.1, -0.05) is 6.07 Å². The van der Waals surface area contributed by atoms with Crippen LogP contribution in [-0.4, -0.2) is 10.9 Å². The van der Waals surface area contributed by atoms with Gasteiger partial charge in [0, 0.05) is 16.8 Å². The average molecular weight is 298 g/mol. The molecule has 5 heteroatoms. The molecule has 2 aromatic carbocycles. The van der Waals surface area contributed by atoms with Crippen molar-refractivity contribution in [1.29, 1.82) is 0 Å². The normalized spacial score (nSPS) is 10.7. The first-order valence-electron chi connectivity index (χ1n) is 6.67. The molecule has 0 aliphatic carbocycles. The highest BCUT2D eigenvalue weighted by Crippen LogP contribution is 2.21. The minimum atomic E-state index is -0.446. The van der Waals surface area contributed by atoms with Crippen LogP contribution >= 0.6 is 0 Å². The molecule has 1 heterocycles. The lowest BCUT2D eigenvalue weighted by atomic mass is 10.1. The van der Waals surface area contributed by atoms with Crippen molar-refractivity contribution in [3.63, 3.8) is 0 Å². The highest BCUT2D eigenvalue weighted by molar-refractivity contribution is 6.12. The summed E-state index contributed by atoms with van der Waals surface area (Å²) in [7, 11) is 0. The van der Waals surface area contributed by atoms with Gasteiger partial charge in [0.15, 0.2) is 0 Å². The second-order valence-electron chi connectivity index (χ2n) is 4.94. The molecule has 0 atom stereocenters. The smallest absolute Gasteiger partial charge is 0.256 e. The molecule has 0 aliphatic rings. The summed E-state index contributed by atoms with van der Waals surface area (Å²) in [6.45, 7) is 1.75. The summed E-state index contributed by atoms with van der Waals surface area (Å²) in [6.07, 6.45) is 0. The van der Waals surface area contributed by atoms with Crippen LogP contribution in [0.5, 0.6) is 0 Å². The number of anilines is 1. The number of nitrogens with one attached hydrogen (secondary N) is 1. The van der Waals surface area contributed by atoms with E-state index in [0.29, 0.717) is 27.8 Å². The molecule has 22 heavy (non-hydrogen) atoms. The first-order valence-corrected chi connectivity index (χ1v) is 6.67. The van der Waals surface area contributed by atoms with Crippen LogP contribution in [0.3, 0.4) is 0 Å². The lowest BCUT2D eigenvalue weighted by molar-refractivity contribution is 0.102. The third kappa shape index (κ3) is 2.79. The first kappa shape index (κ1) is 14.1. The van der Waals surface area contributed by atoms with Crippen LogP contribution in [0.15, 0.2) is 48.5 Å². The number of aryl methyl sites for hydroxylation is 1. The number of hydrogen-bond donors (Lipinski definition) is 1. The first-order chi connectivity index (χ1) is 10.5. The number of halogens is 2. The number of fused-ring (bicyclic) bond motifs is 1. The third-order valence-corrected chi connectivity index (χ3v) is 3.23. The molecule has 0 spiro atoms. The van der Waals surface area contributed by atoms with Crippen LogP contribution in [0.1, 0.15) is 16.1 Å². The summed E-state index contributed by atoms with van der Waals surface area (Å²) in [4.78, 5) is 16.7. The van der Waals surface area contributed by atoms with E-state index in [2.05, 4.69) is 10.3 Å². The van der Waals surface area contributed by atoms with Crippen molar-refractivity contribution >= 4 is 22.5 Å². The van der Waals surface area contributed by atoms with Crippen molar-refractivity contribution in [3.05, 3.63) is 71.4 Å².